The fourth-order valence-electron chi connectivity index (χ4n) is 2.25. The Balaban J connectivity index is 1.87. The van der Waals surface area contributed by atoms with Crippen LogP contribution >= 0.6 is 11.3 Å². The molecule has 0 radical (unpaired) electrons. The molecule has 1 heterocycles. The molecule has 6 nitrogen and oxygen atoms in total. The first kappa shape index (κ1) is 17.8. The summed E-state index contributed by atoms with van der Waals surface area (Å²) in [6.07, 6.45) is 0.774. The van der Waals surface area contributed by atoms with Crippen LogP contribution in [0.3, 0.4) is 0 Å². The van der Waals surface area contributed by atoms with Crippen LogP contribution in [0.15, 0.2) is 29.6 Å². The quantitative estimate of drug-likeness (QED) is 0.725. The molecule has 0 aliphatic heterocycles. The number of rotatable bonds is 5. The van der Waals surface area contributed by atoms with E-state index in [4.69, 9.17) is 4.74 Å². The first-order valence-corrected chi connectivity index (χ1v) is 8.60. The van der Waals surface area contributed by atoms with Crippen molar-refractivity contribution in [3.63, 3.8) is 0 Å². The van der Waals surface area contributed by atoms with Gasteiger partial charge in [0.2, 0.25) is 0 Å². The summed E-state index contributed by atoms with van der Waals surface area (Å²) >= 11 is 1.53. The number of benzene rings is 1. The number of hydrazine groups is 1. The molecule has 0 aliphatic rings. The Morgan fingerprint density at radius 3 is 2.46 bits per heavy atom. The van der Waals surface area contributed by atoms with Gasteiger partial charge in [-0.15, -0.1) is 11.3 Å². The molecule has 2 aromatic rings. The second-order valence-electron chi connectivity index (χ2n) is 5.03. The maximum absolute atomic E-state index is 12.1. The maximum Gasteiger partial charge on any atom is 0.337 e. The Labute approximate surface area is 145 Å². The molecule has 2 rings (SSSR count). The lowest BCUT2D eigenvalue weighted by atomic mass is 10.1. The number of hydrogen-bond donors (Lipinski definition) is 3. The number of carbonyl (C=O) groups is 2. The first-order chi connectivity index (χ1) is 11.5. The number of aryl methyl sites for hydroxylation is 1. The van der Waals surface area contributed by atoms with E-state index in [0.29, 0.717) is 17.9 Å². The third-order valence-electron chi connectivity index (χ3n) is 3.41. The Kier molecular flexibility index (Phi) is 6.20. The Morgan fingerprint density at radius 2 is 1.83 bits per heavy atom. The predicted octanol–water partition coefficient (Wildman–Crippen LogP) is 3.48. The molecule has 7 heteroatoms. The van der Waals surface area contributed by atoms with E-state index in [1.165, 1.54) is 11.3 Å². The third kappa shape index (κ3) is 4.48. The summed E-state index contributed by atoms with van der Waals surface area (Å²) < 4.78 is 5.33. The van der Waals surface area contributed by atoms with Crippen LogP contribution in [-0.4, -0.2) is 18.5 Å². The standard InChI is InChI=1S/C17H21N3O3S/c1-4-14-11(3)24-10-15(14)16(21)19-20-17(22)18-12-6-8-13(9-7-12)23-5-2/h6-10H,4-5H2,1-3H3,(H,19,21)(H2,18,20,22). The van der Waals surface area contributed by atoms with E-state index in [2.05, 4.69) is 16.2 Å². The van der Waals surface area contributed by atoms with Crippen molar-refractivity contribution < 1.29 is 14.3 Å². The van der Waals surface area contributed by atoms with Gasteiger partial charge < -0.3 is 10.1 Å². The Hall–Kier alpha value is -2.54. The number of nitrogens with one attached hydrogen (secondary N) is 3. The van der Waals surface area contributed by atoms with Crippen LogP contribution < -0.4 is 20.9 Å². The molecular formula is C17H21N3O3S. The summed E-state index contributed by atoms with van der Waals surface area (Å²) in [6.45, 7) is 6.46. The predicted molar refractivity (Wildman–Crippen MR) is 95.7 cm³/mol. The highest BCUT2D eigenvalue weighted by Gasteiger charge is 2.14. The normalized spacial score (nSPS) is 10.1. The summed E-state index contributed by atoms with van der Waals surface area (Å²) in [5.74, 6) is 0.412. The van der Waals surface area contributed by atoms with Gasteiger partial charge in [-0.1, -0.05) is 6.92 Å². The molecule has 0 aliphatic carbocycles. The number of urea groups is 1. The number of amides is 3. The SMILES string of the molecule is CCOc1ccc(NC(=O)NNC(=O)c2csc(C)c2CC)cc1. The molecule has 0 saturated heterocycles. The van der Waals surface area contributed by atoms with Crippen LogP contribution in [0.2, 0.25) is 0 Å². The van der Waals surface area contributed by atoms with Crippen molar-refractivity contribution in [3.8, 4) is 5.75 Å². The molecule has 3 N–H and O–H groups in total. The fourth-order valence-corrected chi connectivity index (χ4v) is 3.19. The van der Waals surface area contributed by atoms with Crippen molar-refractivity contribution in [2.75, 3.05) is 11.9 Å². The van der Waals surface area contributed by atoms with Gasteiger partial charge in [-0.3, -0.25) is 10.2 Å². The first-order valence-electron chi connectivity index (χ1n) is 7.72. The number of thiophene rings is 1. The van der Waals surface area contributed by atoms with Gasteiger partial charge in [0.15, 0.2) is 0 Å². The second-order valence-corrected chi connectivity index (χ2v) is 6.11. The molecule has 0 atom stereocenters. The molecule has 3 amide bonds. The zero-order valence-corrected chi connectivity index (χ0v) is 14.8. The summed E-state index contributed by atoms with van der Waals surface area (Å²) in [5, 5.41) is 4.44. The molecule has 128 valence electrons. The molecule has 24 heavy (non-hydrogen) atoms. The number of hydrogen-bond acceptors (Lipinski definition) is 4. The monoisotopic (exact) mass is 347 g/mol. The van der Waals surface area contributed by atoms with Crippen molar-refractivity contribution in [2.24, 2.45) is 0 Å². The molecule has 0 spiro atoms. The van der Waals surface area contributed by atoms with Crippen molar-refractivity contribution >= 4 is 29.0 Å². The summed E-state index contributed by atoms with van der Waals surface area (Å²) in [7, 11) is 0. The van der Waals surface area contributed by atoms with Crippen LogP contribution in [-0.2, 0) is 6.42 Å². The third-order valence-corrected chi connectivity index (χ3v) is 4.37. The van der Waals surface area contributed by atoms with Gasteiger partial charge in [-0.25, -0.2) is 10.2 Å². The average molecular weight is 347 g/mol. The fraction of sp³-hybridized carbons (Fsp3) is 0.294. The van der Waals surface area contributed by atoms with Crippen LogP contribution in [0.4, 0.5) is 10.5 Å². The molecular weight excluding hydrogens is 326 g/mol. The largest absolute Gasteiger partial charge is 0.494 e. The second kappa shape index (κ2) is 8.35. The van der Waals surface area contributed by atoms with E-state index in [-0.39, 0.29) is 5.91 Å². The van der Waals surface area contributed by atoms with Gasteiger partial charge >= 0.3 is 6.03 Å². The van der Waals surface area contributed by atoms with Gasteiger partial charge in [0, 0.05) is 15.9 Å². The van der Waals surface area contributed by atoms with Gasteiger partial charge in [0.25, 0.3) is 5.91 Å². The maximum atomic E-state index is 12.1. The molecule has 0 fully saturated rings. The summed E-state index contributed by atoms with van der Waals surface area (Å²) in [5.41, 5.74) is 6.98. The Morgan fingerprint density at radius 1 is 1.12 bits per heavy atom. The molecule has 0 saturated carbocycles. The highest BCUT2D eigenvalue weighted by Crippen LogP contribution is 2.22. The van der Waals surface area contributed by atoms with E-state index in [0.717, 1.165) is 22.6 Å². The summed E-state index contributed by atoms with van der Waals surface area (Å²) in [6, 6.07) is 6.46. The van der Waals surface area contributed by atoms with Crippen LogP contribution in [0, 0.1) is 6.92 Å². The van der Waals surface area contributed by atoms with Crippen molar-refractivity contribution in [1.82, 2.24) is 10.9 Å². The molecule has 0 bridgehead atoms. The van der Waals surface area contributed by atoms with E-state index in [1.54, 1.807) is 29.6 Å². The molecule has 1 aromatic carbocycles. The lowest BCUT2D eigenvalue weighted by Crippen LogP contribution is -2.44. The van der Waals surface area contributed by atoms with Crippen molar-refractivity contribution in [1.29, 1.82) is 0 Å². The van der Waals surface area contributed by atoms with Crippen LogP contribution in [0.1, 0.15) is 34.6 Å². The minimum absolute atomic E-state index is 0.321. The number of anilines is 1. The van der Waals surface area contributed by atoms with Crippen LogP contribution in [0.5, 0.6) is 5.75 Å². The minimum atomic E-state index is -0.516. The average Bonchev–Trinajstić information content (AvgIpc) is 2.95. The van der Waals surface area contributed by atoms with Gasteiger partial charge in [0.1, 0.15) is 5.75 Å². The van der Waals surface area contributed by atoms with Crippen LogP contribution in [0.25, 0.3) is 0 Å². The zero-order valence-electron chi connectivity index (χ0n) is 13.9. The lowest BCUT2D eigenvalue weighted by molar-refractivity contribution is 0.0937. The van der Waals surface area contributed by atoms with Gasteiger partial charge in [-0.05, 0) is 50.1 Å². The van der Waals surface area contributed by atoms with Crippen molar-refractivity contribution in [3.05, 3.63) is 45.6 Å². The van der Waals surface area contributed by atoms with Gasteiger partial charge in [-0.2, -0.15) is 0 Å². The van der Waals surface area contributed by atoms with E-state index in [9.17, 15) is 9.59 Å². The zero-order chi connectivity index (χ0) is 17.5. The highest BCUT2D eigenvalue weighted by atomic mass is 32.1. The van der Waals surface area contributed by atoms with E-state index >= 15 is 0 Å². The topological polar surface area (TPSA) is 79.5 Å². The minimum Gasteiger partial charge on any atom is -0.494 e. The Bertz CT molecular complexity index is 710. The molecule has 1 aromatic heterocycles. The lowest BCUT2D eigenvalue weighted by Gasteiger charge is -2.10. The van der Waals surface area contributed by atoms with Crippen molar-refractivity contribution in [2.45, 2.75) is 27.2 Å². The van der Waals surface area contributed by atoms with E-state index in [1.807, 2.05) is 20.8 Å². The van der Waals surface area contributed by atoms with Gasteiger partial charge in [0.05, 0.1) is 12.2 Å². The van der Waals surface area contributed by atoms with E-state index < -0.39 is 6.03 Å². The smallest absolute Gasteiger partial charge is 0.337 e. The highest BCUT2D eigenvalue weighted by molar-refractivity contribution is 7.10. The summed E-state index contributed by atoms with van der Waals surface area (Å²) in [4.78, 5) is 25.1. The number of carbonyl (C=O) groups excluding carboxylic acids is 2. The molecule has 0 unspecified atom stereocenters. The number of ether oxygens (including phenoxy) is 1.